The highest BCUT2D eigenvalue weighted by molar-refractivity contribution is 6.31. The van der Waals surface area contributed by atoms with Crippen molar-refractivity contribution in [3.63, 3.8) is 0 Å². The Morgan fingerprint density at radius 3 is 1.39 bits per heavy atom. The van der Waals surface area contributed by atoms with Crippen LogP contribution in [-0.2, 0) is 0 Å². The van der Waals surface area contributed by atoms with Gasteiger partial charge >= 0.3 is 0 Å². The molecule has 0 fully saturated rings. The van der Waals surface area contributed by atoms with Gasteiger partial charge in [0.15, 0.2) is 0 Å². The van der Waals surface area contributed by atoms with Crippen molar-refractivity contribution in [2.24, 2.45) is 0 Å². The van der Waals surface area contributed by atoms with Crippen LogP contribution in [0.2, 0.25) is 5.02 Å². The fourth-order valence-electron chi connectivity index (χ4n) is 4.70. The zero-order chi connectivity index (χ0) is 22.4. The lowest BCUT2D eigenvalue weighted by Crippen LogP contribution is -2.03. The van der Waals surface area contributed by atoms with Crippen LogP contribution in [0.15, 0.2) is 18.3 Å². The Labute approximate surface area is 200 Å². The third kappa shape index (κ3) is 15.8. The van der Waals surface area contributed by atoms with E-state index in [1.165, 1.54) is 135 Å². The van der Waals surface area contributed by atoms with Crippen molar-refractivity contribution < 1.29 is 0 Å². The minimum Gasteiger partial charge on any atom is -0.259 e. The van der Waals surface area contributed by atoms with E-state index < -0.39 is 0 Å². The van der Waals surface area contributed by atoms with Crippen LogP contribution in [0.4, 0.5) is 0 Å². The number of hydrogen-bond acceptors (Lipinski definition) is 1. The number of hydrogen-bond donors (Lipinski definition) is 0. The summed E-state index contributed by atoms with van der Waals surface area (Å²) in [6.07, 6.45) is 31.0. The molecule has 0 amide bonds. The lowest BCUT2D eigenvalue weighted by atomic mass is 9.91. The van der Waals surface area contributed by atoms with E-state index in [0.29, 0.717) is 5.92 Å². The molecule has 2 heteroatoms. The molecule has 1 rings (SSSR count). The Morgan fingerprint density at radius 2 is 1.00 bits per heavy atom. The molecule has 0 aliphatic rings. The Hall–Kier alpha value is -0.560. The quantitative estimate of drug-likeness (QED) is 0.160. The van der Waals surface area contributed by atoms with Gasteiger partial charge in [-0.25, -0.2) is 0 Å². The first kappa shape index (κ1) is 28.5. The minimum atomic E-state index is 0.548. The molecule has 0 aliphatic heterocycles. The van der Waals surface area contributed by atoms with Crippen molar-refractivity contribution in [3.05, 3.63) is 29.0 Å². The molecule has 0 bridgehead atoms. The van der Waals surface area contributed by atoms with Gasteiger partial charge in [0.05, 0.1) is 10.7 Å². The standard InChI is InChI=1S/C29H52ClN/c1-3-5-7-9-11-13-15-17-19-21-24-27(29-28(30)25-22-26-31-29)23-20-18-16-14-12-10-8-6-4-2/h22,25-27H,3-21,23-24H2,1-2H3. The highest BCUT2D eigenvalue weighted by Gasteiger charge is 2.15. The smallest absolute Gasteiger partial charge is 0.0624 e. The highest BCUT2D eigenvalue weighted by Crippen LogP contribution is 2.31. The summed E-state index contributed by atoms with van der Waals surface area (Å²) in [4.78, 5) is 4.67. The maximum absolute atomic E-state index is 6.51. The molecule has 1 heterocycles. The molecule has 1 nitrogen and oxygen atoms in total. The molecule has 0 aromatic carbocycles. The molecule has 0 spiro atoms. The van der Waals surface area contributed by atoms with Crippen molar-refractivity contribution >= 4 is 11.6 Å². The zero-order valence-corrected chi connectivity index (χ0v) is 21.7. The molecule has 0 saturated carbocycles. The second-order valence-corrected chi connectivity index (χ2v) is 10.1. The summed E-state index contributed by atoms with van der Waals surface area (Å²) in [5, 5.41) is 0.871. The van der Waals surface area contributed by atoms with Crippen molar-refractivity contribution in [3.8, 4) is 0 Å². The summed E-state index contributed by atoms with van der Waals surface area (Å²) < 4.78 is 0. The van der Waals surface area contributed by atoms with Gasteiger partial charge in [0.25, 0.3) is 0 Å². The largest absolute Gasteiger partial charge is 0.259 e. The van der Waals surface area contributed by atoms with Gasteiger partial charge in [0.2, 0.25) is 0 Å². The van der Waals surface area contributed by atoms with Crippen LogP contribution in [0.5, 0.6) is 0 Å². The summed E-state index contributed by atoms with van der Waals surface area (Å²) >= 11 is 6.51. The predicted molar refractivity (Wildman–Crippen MR) is 140 cm³/mol. The molecule has 31 heavy (non-hydrogen) atoms. The third-order valence-electron chi connectivity index (χ3n) is 6.74. The first-order chi connectivity index (χ1) is 15.3. The van der Waals surface area contributed by atoms with E-state index in [9.17, 15) is 0 Å². The van der Waals surface area contributed by atoms with Gasteiger partial charge in [0, 0.05) is 12.1 Å². The second kappa shape index (κ2) is 21.3. The van der Waals surface area contributed by atoms with Crippen LogP contribution >= 0.6 is 11.6 Å². The Kier molecular flexibility index (Phi) is 19.6. The number of aromatic nitrogens is 1. The van der Waals surface area contributed by atoms with Gasteiger partial charge in [-0.1, -0.05) is 147 Å². The van der Waals surface area contributed by atoms with E-state index in [2.05, 4.69) is 18.8 Å². The van der Waals surface area contributed by atoms with Crippen LogP contribution in [0.3, 0.4) is 0 Å². The molecule has 1 unspecified atom stereocenters. The van der Waals surface area contributed by atoms with E-state index in [-0.39, 0.29) is 0 Å². The number of halogens is 1. The average Bonchev–Trinajstić information content (AvgIpc) is 2.78. The highest BCUT2D eigenvalue weighted by atomic mass is 35.5. The van der Waals surface area contributed by atoms with Gasteiger partial charge in [-0.05, 0) is 25.0 Å². The van der Waals surface area contributed by atoms with Crippen LogP contribution in [0.25, 0.3) is 0 Å². The van der Waals surface area contributed by atoms with Crippen molar-refractivity contribution in [1.29, 1.82) is 0 Å². The maximum Gasteiger partial charge on any atom is 0.0624 e. The average molecular weight is 450 g/mol. The molecule has 0 aliphatic carbocycles. The van der Waals surface area contributed by atoms with Crippen LogP contribution in [-0.4, -0.2) is 4.98 Å². The molecule has 1 aromatic rings. The Morgan fingerprint density at radius 1 is 0.613 bits per heavy atom. The molecule has 0 radical (unpaired) electrons. The maximum atomic E-state index is 6.51. The van der Waals surface area contributed by atoms with Crippen LogP contribution < -0.4 is 0 Å². The zero-order valence-electron chi connectivity index (χ0n) is 21.0. The van der Waals surface area contributed by atoms with Gasteiger partial charge in [-0.15, -0.1) is 0 Å². The molecular formula is C29H52ClN. The van der Waals surface area contributed by atoms with Crippen LogP contribution in [0.1, 0.15) is 160 Å². The lowest BCUT2D eigenvalue weighted by Gasteiger charge is -2.17. The Bertz CT molecular complexity index is 501. The summed E-state index contributed by atoms with van der Waals surface area (Å²) in [6.45, 7) is 4.58. The molecule has 1 aromatic heterocycles. The second-order valence-electron chi connectivity index (χ2n) is 9.66. The van der Waals surface area contributed by atoms with Crippen molar-refractivity contribution in [2.45, 2.75) is 155 Å². The summed E-state index contributed by atoms with van der Waals surface area (Å²) in [5.41, 5.74) is 1.15. The number of unbranched alkanes of at least 4 members (excludes halogenated alkanes) is 17. The molecule has 1 atom stereocenters. The fraction of sp³-hybridized carbons (Fsp3) is 0.828. The molecule has 0 N–H and O–H groups in total. The molecular weight excluding hydrogens is 398 g/mol. The topological polar surface area (TPSA) is 12.9 Å². The van der Waals surface area contributed by atoms with Gasteiger partial charge in [-0.3, -0.25) is 4.98 Å². The van der Waals surface area contributed by atoms with E-state index in [0.717, 1.165) is 10.7 Å². The van der Waals surface area contributed by atoms with Crippen molar-refractivity contribution in [1.82, 2.24) is 4.98 Å². The van der Waals surface area contributed by atoms with Gasteiger partial charge in [-0.2, -0.15) is 0 Å². The SMILES string of the molecule is CCCCCCCCCCCCC(CCCCCCCCCCC)c1ncccc1Cl. The third-order valence-corrected chi connectivity index (χ3v) is 7.06. The van der Waals surface area contributed by atoms with E-state index in [1.54, 1.807) is 0 Å². The number of pyridine rings is 1. The fourth-order valence-corrected chi connectivity index (χ4v) is 4.97. The molecule has 180 valence electrons. The van der Waals surface area contributed by atoms with Gasteiger partial charge < -0.3 is 0 Å². The summed E-state index contributed by atoms with van der Waals surface area (Å²) in [7, 11) is 0. The number of rotatable bonds is 22. The minimum absolute atomic E-state index is 0.548. The lowest BCUT2D eigenvalue weighted by molar-refractivity contribution is 0.475. The first-order valence-electron chi connectivity index (χ1n) is 13.9. The van der Waals surface area contributed by atoms with E-state index >= 15 is 0 Å². The Balaban J connectivity index is 2.20. The van der Waals surface area contributed by atoms with E-state index in [1.807, 2.05) is 18.3 Å². The van der Waals surface area contributed by atoms with Gasteiger partial charge in [0.1, 0.15) is 0 Å². The van der Waals surface area contributed by atoms with Crippen LogP contribution in [0, 0.1) is 0 Å². The summed E-state index contributed by atoms with van der Waals surface area (Å²) in [6, 6.07) is 3.98. The predicted octanol–water partition coefficient (Wildman–Crippen LogP) is 11.1. The molecule has 0 saturated heterocycles. The van der Waals surface area contributed by atoms with E-state index in [4.69, 9.17) is 11.6 Å². The normalized spacial score (nSPS) is 12.4. The monoisotopic (exact) mass is 449 g/mol. The first-order valence-corrected chi connectivity index (χ1v) is 14.3. The van der Waals surface area contributed by atoms with Crippen molar-refractivity contribution in [2.75, 3.05) is 0 Å². The number of nitrogens with zero attached hydrogens (tertiary/aromatic N) is 1. The summed E-state index contributed by atoms with van der Waals surface area (Å²) in [5.74, 6) is 0.548.